The summed E-state index contributed by atoms with van der Waals surface area (Å²) in [4.78, 5) is 9.55. The van der Waals surface area contributed by atoms with E-state index in [0.717, 1.165) is 31.5 Å². The lowest BCUT2D eigenvalue weighted by molar-refractivity contribution is 0.140. The maximum Gasteiger partial charge on any atom is 0.193 e. The normalized spacial score (nSPS) is 25.8. The van der Waals surface area contributed by atoms with Crippen LogP contribution in [0.1, 0.15) is 44.6 Å². The van der Waals surface area contributed by atoms with Crippen LogP contribution in [0.5, 0.6) is 0 Å². The molecule has 2 aliphatic heterocycles. The highest BCUT2D eigenvalue weighted by molar-refractivity contribution is 5.80. The van der Waals surface area contributed by atoms with Crippen LogP contribution in [0.15, 0.2) is 17.4 Å². The highest BCUT2D eigenvalue weighted by Gasteiger charge is 2.28. The van der Waals surface area contributed by atoms with Crippen molar-refractivity contribution in [3.63, 3.8) is 0 Å². The molecule has 3 rings (SSSR count). The molecule has 0 aliphatic carbocycles. The average molecular weight is 347 g/mol. The van der Waals surface area contributed by atoms with Gasteiger partial charge in [0.2, 0.25) is 0 Å². The molecule has 2 fully saturated rings. The Labute approximate surface area is 152 Å². The van der Waals surface area contributed by atoms with Crippen LogP contribution in [-0.4, -0.2) is 71.4 Å². The van der Waals surface area contributed by atoms with Gasteiger partial charge in [0.1, 0.15) is 0 Å². The van der Waals surface area contributed by atoms with Crippen molar-refractivity contribution in [2.45, 2.75) is 45.1 Å². The smallest absolute Gasteiger partial charge is 0.193 e. The van der Waals surface area contributed by atoms with Gasteiger partial charge in [-0.15, -0.1) is 0 Å². The molecule has 6 heteroatoms. The lowest BCUT2D eigenvalue weighted by Crippen LogP contribution is -2.46. The molecule has 0 spiro atoms. The second kappa shape index (κ2) is 8.21. The summed E-state index contributed by atoms with van der Waals surface area (Å²) in [5.41, 5.74) is 1.35. The minimum Gasteiger partial charge on any atom is -0.356 e. The third kappa shape index (κ3) is 4.54. The standard InChI is InChI=1S/C19H34N6/c1-15(2)24-8-5-6-16(12-24)10-21-19(20-3)25-9-7-17(14-25)18-11-22-23(4)13-18/h11,13,15-17H,5-10,12,14H2,1-4H3,(H,20,21). The number of hydrogen-bond donors (Lipinski definition) is 1. The molecule has 1 aromatic rings. The Kier molecular flexibility index (Phi) is 5.99. The number of rotatable bonds is 4. The molecule has 1 aromatic heterocycles. The van der Waals surface area contributed by atoms with Gasteiger partial charge < -0.3 is 15.1 Å². The minimum absolute atomic E-state index is 0.568. The lowest BCUT2D eigenvalue weighted by atomic mass is 9.97. The Morgan fingerprint density at radius 2 is 2.16 bits per heavy atom. The summed E-state index contributed by atoms with van der Waals surface area (Å²) in [6, 6.07) is 0.654. The van der Waals surface area contributed by atoms with Gasteiger partial charge in [-0.1, -0.05) is 0 Å². The molecular formula is C19H34N6. The summed E-state index contributed by atoms with van der Waals surface area (Å²) >= 11 is 0. The van der Waals surface area contributed by atoms with Gasteiger partial charge in [0, 0.05) is 58.4 Å². The number of aromatic nitrogens is 2. The summed E-state index contributed by atoms with van der Waals surface area (Å²) < 4.78 is 1.90. The summed E-state index contributed by atoms with van der Waals surface area (Å²) in [5.74, 6) is 2.36. The van der Waals surface area contributed by atoms with Gasteiger partial charge in [0.15, 0.2) is 5.96 Å². The van der Waals surface area contributed by atoms with E-state index in [2.05, 4.69) is 45.3 Å². The fourth-order valence-electron chi connectivity index (χ4n) is 4.18. The third-order valence-electron chi connectivity index (χ3n) is 5.73. The summed E-state index contributed by atoms with van der Waals surface area (Å²) in [7, 11) is 3.89. The molecule has 0 bridgehead atoms. The van der Waals surface area contributed by atoms with Crippen molar-refractivity contribution in [3.05, 3.63) is 18.0 Å². The van der Waals surface area contributed by atoms with Crippen molar-refractivity contribution < 1.29 is 0 Å². The third-order valence-corrected chi connectivity index (χ3v) is 5.73. The molecule has 0 saturated carbocycles. The van der Waals surface area contributed by atoms with E-state index in [1.807, 2.05) is 25.0 Å². The maximum atomic E-state index is 4.54. The summed E-state index contributed by atoms with van der Waals surface area (Å²) in [6.07, 6.45) is 7.97. The average Bonchev–Trinajstić information content (AvgIpc) is 3.25. The van der Waals surface area contributed by atoms with Gasteiger partial charge in [-0.2, -0.15) is 5.10 Å². The molecule has 2 saturated heterocycles. The number of guanidine groups is 1. The van der Waals surface area contributed by atoms with E-state index in [0.29, 0.717) is 12.0 Å². The molecule has 25 heavy (non-hydrogen) atoms. The zero-order valence-electron chi connectivity index (χ0n) is 16.3. The predicted octanol–water partition coefficient (Wildman–Crippen LogP) is 1.91. The number of aliphatic imine (C=N–C) groups is 1. The second-order valence-corrected chi connectivity index (χ2v) is 7.90. The van der Waals surface area contributed by atoms with Crippen LogP contribution in [0.2, 0.25) is 0 Å². The van der Waals surface area contributed by atoms with Crippen molar-refractivity contribution in [3.8, 4) is 0 Å². The molecule has 0 aromatic carbocycles. The van der Waals surface area contributed by atoms with E-state index in [9.17, 15) is 0 Å². The van der Waals surface area contributed by atoms with Gasteiger partial charge in [0.25, 0.3) is 0 Å². The first kappa shape index (κ1) is 18.2. The van der Waals surface area contributed by atoms with Crippen molar-refractivity contribution in [1.82, 2.24) is 24.9 Å². The van der Waals surface area contributed by atoms with Crippen molar-refractivity contribution >= 4 is 5.96 Å². The SMILES string of the molecule is CN=C(NCC1CCCN(C(C)C)C1)N1CCC(c2cnn(C)c2)C1. The highest BCUT2D eigenvalue weighted by atomic mass is 15.3. The van der Waals surface area contributed by atoms with Crippen LogP contribution >= 0.6 is 0 Å². The molecule has 0 amide bonds. The van der Waals surface area contributed by atoms with Crippen LogP contribution in [0, 0.1) is 5.92 Å². The van der Waals surface area contributed by atoms with Crippen molar-refractivity contribution in [2.24, 2.45) is 18.0 Å². The predicted molar refractivity (Wildman–Crippen MR) is 103 cm³/mol. The Morgan fingerprint density at radius 1 is 1.32 bits per heavy atom. The molecule has 3 heterocycles. The topological polar surface area (TPSA) is 48.7 Å². The van der Waals surface area contributed by atoms with E-state index in [1.165, 1.54) is 37.9 Å². The number of nitrogens with zero attached hydrogens (tertiary/aromatic N) is 5. The molecule has 0 radical (unpaired) electrons. The van der Waals surface area contributed by atoms with E-state index in [4.69, 9.17) is 0 Å². The number of aryl methyl sites for hydroxylation is 1. The van der Waals surface area contributed by atoms with E-state index < -0.39 is 0 Å². The monoisotopic (exact) mass is 346 g/mol. The van der Waals surface area contributed by atoms with Gasteiger partial charge in [-0.25, -0.2) is 0 Å². The van der Waals surface area contributed by atoms with Gasteiger partial charge >= 0.3 is 0 Å². The van der Waals surface area contributed by atoms with Gasteiger partial charge in [-0.3, -0.25) is 9.67 Å². The van der Waals surface area contributed by atoms with Crippen LogP contribution in [-0.2, 0) is 7.05 Å². The van der Waals surface area contributed by atoms with Crippen LogP contribution in [0.25, 0.3) is 0 Å². The molecule has 140 valence electrons. The number of hydrogen-bond acceptors (Lipinski definition) is 3. The number of nitrogens with one attached hydrogen (secondary N) is 1. The quantitative estimate of drug-likeness (QED) is 0.668. The lowest BCUT2D eigenvalue weighted by Gasteiger charge is -2.36. The largest absolute Gasteiger partial charge is 0.356 e. The van der Waals surface area contributed by atoms with Gasteiger partial charge in [0.05, 0.1) is 6.20 Å². The zero-order valence-corrected chi connectivity index (χ0v) is 16.3. The number of piperidine rings is 1. The Bertz CT molecular complexity index is 578. The molecular weight excluding hydrogens is 312 g/mol. The molecule has 6 nitrogen and oxygen atoms in total. The first-order valence-corrected chi connectivity index (χ1v) is 9.75. The van der Waals surface area contributed by atoms with Crippen molar-refractivity contribution in [1.29, 1.82) is 0 Å². The zero-order chi connectivity index (χ0) is 17.8. The van der Waals surface area contributed by atoms with E-state index in [-0.39, 0.29) is 0 Å². The Hall–Kier alpha value is -1.56. The number of likely N-dealkylation sites (tertiary alicyclic amines) is 2. The summed E-state index contributed by atoms with van der Waals surface area (Å²) in [6.45, 7) is 10.2. The van der Waals surface area contributed by atoms with Crippen molar-refractivity contribution in [2.75, 3.05) is 39.8 Å². The first-order chi connectivity index (χ1) is 12.1. The summed E-state index contributed by atoms with van der Waals surface area (Å²) in [5, 5.41) is 7.96. The minimum atomic E-state index is 0.568. The Balaban J connectivity index is 1.50. The van der Waals surface area contributed by atoms with E-state index in [1.54, 1.807) is 0 Å². The second-order valence-electron chi connectivity index (χ2n) is 7.90. The van der Waals surface area contributed by atoms with Crippen LogP contribution in [0.3, 0.4) is 0 Å². The maximum absolute atomic E-state index is 4.54. The fraction of sp³-hybridized carbons (Fsp3) is 0.789. The van der Waals surface area contributed by atoms with Gasteiger partial charge in [-0.05, 0) is 51.1 Å². The first-order valence-electron chi connectivity index (χ1n) is 9.75. The molecule has 1 N–H and O–H groups in total. The molecule has 2 atom stereocenters. The molecule has 2 aliphatic rings. The van der Waals surface area contributed by atoms with E-state index >= 15 is 0 Å². The highest BCUT2D eigenvalue weighted by Crippen LogP contribution is 2.26. The van der Waals surface area contributed by atoms with Crippen LogP contribution < -0.4 is 5.32 Å². The van der Waals surface area contributed by atoms with Crippen LogP contribution in [0.4, 0.5) is 0 Å². The fourth-order valence-corrected chi connectivity index (χ4v) is 4.18. The molecule has 2 unspecified atom stereocenters. The Morgan fingerprint density at radius 3 is 2.84 bits per heavy atom.